The molecule has 0 radical (unpaired) electrons. The van der Waals surface area contributed by atoms with Crippen molar-refractivity contribution < 1.29 is 14.4 Å². The number of amides is 3. The van der Waals surface area contributed by atoms with Crippen LogP contribution in [0, 0.1) is 5.92 Å². The van der Waals surface area contributed by atoms with Crippen molar-refractivity contribution in [1.82, 2.24) is 4.90 Å². The van der Waals surface area contributed by atoms with Gasteiger partial charge in [0, 0.05) is 43.5 Å². The molecule has 0 bridgehead atoms. The first kappa shape index (κ1) is 20.6. The van der Waals surface area contributed by atoms with Crippen molar-refractivity contribution in [2.45, 2.75) is 26.2 Å². The molecule has 3 amide bonds. The Balaban J connectivity index is 1.58. The van der Waals surface area contributed by atoms with E-state index in [1.807, 2.05) is 30.3 Å². The highest BCUT2D eigenvalue weighted by molar-refractivity contribution is 6.06. The summed E-state index contributed by atoms with van der Waals surface area (Å²) in [5.41, 5.74) is 1.97. The highest BCUT2D eigenvalue weighted by atomic mass is 16.2. The Morgan fingerprint density at radius 1 is 1.10 bits per heavy atom. The number of para-hydroxylation sites is 1. The maximum Gasteiger partial charge on any atom is 0.258 e. The van der Waals surface area contributed by atoms with E-state index < -0.39 is 0 Å². The van der Waals surface area contributed by atoms with Gasteiger partial charge < -0.3 is 15.1 Å². The molecule has 0 unspecified atom stereocenters. The summed E-state index contributed by atoms with van der Waals surface area (Å²) < 4.78 is 0. The first-order valence-corrected chi connectivity index (χ1v) is 10.0. The summed E-state index contributed by atoms with van der Waals surface area (Å²) in [5.74, 6) is -0.562. The summed E-state index contributed by atoms with van der Waals surface area (Å²) in [7, 11) is 1.73. The van der Waals surface area contributed by atoms with Gasteiger partial charge in [0.1, 0.15) is 0 Å². The number of rotatable bonds is 7. The zero-order chi connectivity index (χ0) is 20.8. The standard InChI is InChI=1S/C23H27N3O3/c1-3-4-14-26-16-18(15-21(26)27)22(28)24-19-12-10-17(11-13-19)23(29)25(2)20-8-6-5-7-9-20/h5-13,18H,3-4,14-16H2,1-2H3,(H,24,28)/t18-/m1/s1. The van der Waals surface area contributed by atoms with Crippen LogP contribution in [0.15, 0.2) is 54.6 Å². The van der Waals surface area contributed by atoms with Crippen LogP contribution < -0.4 is 10.2 Å². The van der Waals surface area contributed by atoms with Gasteiger partial charge >= 0.3 is 0 Å². The van der Waals surface area contributed by atoms with E-state index in [-0.39, 0.29) is 30.1 Å². The minimum Gasteiger partial charge on any atom is -0.342 e. The molecule has 1 fully saturated rings. The van der Waals surface area contributed by atoms with Gasteiger partial charge in [-0.1, -0.05) is 31.5 Å². The SMILES string of the molecule is CCCCN1C[C@H](C(=O)Nc2ccc(C(=O)N(C)c3ccccc3)cc2)CC1=O. The molecule has 0 spiro atoms. The molecule has 0 aromatic heterocycles. The van der Waals surface area contributed by atoms with Gasteiger partial charge in [-0.25, -0.2) is 0 Å². The maximum atomic E-state index is 12.6. The van der Waals surface area contributed by atoms with Crippen LogP contribution in [0.25, 0.3) is 0 Å². The van der Waals surface area contributed by atoms with Crippen LogP contribution in [0.5, 0.6) is 0 Å². The zero-order valence-electron chi connectivity index (χ0n) is 16.9. The smallest absolute Gasteiger partial charge is 0.258 e. The lowest BCUT2D eigenvalue weighted by molar-refractivity contribution is -0.128. The number of nitrogens with one attached hydrogen (secondary N) is 1. The Hall–Kier alpha value is -3.15. The van der Waals surface area contributed by atoms with E-state index in [0.29, 0.717) is 24.3 Å². The van der Waals surface area contributed by atoms with Crippen molar-refractivity contribution in [1.29, 1.82) is 0 Å². The number of unbranched alkanes of at least 4 members (excludes halogenated alkanes) is 1. The fourth-order valence-electron chi connectivity index (χ4n) is 3.42. The van der Waals surface area contributed by atoms with Crippen LogP contribution in [0.1, 0.15) is 36.5 Å². The molecule has 2 aromatic carbocycles. The van der Waals surface area contributed by atoms with Gasteiger partial charge in [0.2, 0.25) is 11.8 Å². The van der Waals surface area contributed by atoms with Crippen molar-refractivity contribution >= 4 is 29.1 Å². The molecule has 3 rings (SSSR count). The lowest BCUT2D eigenvalue weighted by Gasteiger charge is -2.18. The molecule has 0 saturated carbocycles. The second kappa shape index (κ2) is 9.37. The molecule has 29 heavy (non-hydrogen) atoms. The maximum absolute atomic E-state index is 12.6. The van der Waals surface area contributed by atoms with E-state index in [1.165, 1.54) is 0 Å². The molecule has 1 saturated heterocycles. The number of likely N-dealkylation sites (tertiary alicyclic amines) is 1. The van der Waals surface area contributed by atoms with Crippen molar-refractivity contribution in [2.75, 3.05) is 30.4 Å². The minimum absolute atomic E-state index is 0.0449. The number of hydrogen-bond donors (Lipinski definition) is 1. The normalized spacial score (nSPS) is 16.0. The van der Waals surface area contributed by atoms with Crippen LogP contribution in [0.2, 0.25) is 0 Å². The third kappa shape index (κ3) is 5.02. The van der Waals surface area contributed by atoms with Crippen LogP contribution >= 0.6 is 0 Å². The average Bonchev–Trinajstić information content (AvgIpc) is 3.13. The van der Waals surface area contributed by atoms with Gasteiger partial charge in [-0.2, -0.15) is 0 Å². The molecule has 6 nitrogen and oxygen atoms in total. The van der Waals surface area contributed by atoms with Crippen LogP contribution in [-0.2, 0) is 9.59 Å². The number of carbonyl (C=O) groups is 3. The predicted octanol–water partition coefficient (Wildman–Crippen LogP) is 3.55. The van der Waals surface area contributed by atoms with E-state index in [4.69, 9.17) is 0 Å². The summed E-state index contributed by atoms with van der Waals surface area (Å²) in [4.78, 5) is 40.6. The van der Waals surface area contributed by atoms with Crippen molar-refractivity contribution in [3.8, 4) is 0 Å². The van der Waals surface area contributed by atoms with Crippen molar-refractivity contribution in [2.24, 2.45) is 5.92 Å². The Kier molecular flexibility index (Phi) is 6.65. The minimum atomic E-state index is -0.329. The first-order valence-electron chi connectivity index (χ1n) is 10.0. The fourth-order valence-corrected chi connectivity index (χ4v) is 3.42. The Bertz CT molecular complexity index is 865. The molecular formula is C23H27N3O3. The van der Waals surface area contributed by atoms with Gasteiger partial charge in [0.15, 0.2) is 0 Å². The number of nitrogens with zero attached hydrogens (tertiary/aromatic N) is 2. The van der Waals surface area contributed by atoms with Crippen molar-refractivity contribution in [3.05, 3.63) is 60.2 Å². The lowest BCUT2D eigenvalue weighted by Crippen LogP contribution is -2.29. The Morgan fingerprint density at radius 3 is 2.45 bits per heavy atom. The van der Waals surface area contributed by atoms with E-state index in [0.717, 1.165) is 18.5 Å². The zero-order valence-corrected chi connectivity index (χ0v) is 16.9. The molecule has 152 valence electrons. The van der Waals surface area contributed by atoms with Gasteiger partial charge in [-0.15, -0.1) is 0 Å². The molecule has 6 heteroatoms. The van der Waals surface area contributed by atoms with Gasteiger partial charge in [0.05, 0.1) is 5.92 Å². The molecular weight excluding hydrogens is 366 g/mol. The molecule has 2 aromatic rings. The highest BCUT2D eigenvalue weighted by Gasteiger charge is 2.33. The van der Waals surface area contributed by atoms with Crippen molar-refractivity contribution in [3.63, 3.8) is 0 Å². The topological polar surface area (TPSA) is 69.7 Å². The Morgan fingerprint density at radius 2 is 1.79 bits per heavy atom. The summed E-state index contributed by atoms with van der Waals surface area (Å²) in [6.07, 6.45) is 2.23. The fraction of sp³-hybridized carbons (Fsp3) is 0.348. The lowest BCUT2D eigenvalue weighted by atomic mass is 10.1. The molecule has 1 heterocycles. The molecule has 0 aliphatic carbocycles. The average molecular weight is 393 g/mol. The molecule has 1 N–H and O–H groups in total. The quantitative estimate of drug-likeness (QED) is 0.782. The summed E-state index contributed by atoms with van der Waals surface area (Å²) in [6, 6.07) is 16.3. The highest BCUT2D eigenvalue weighted by Crippen LogP contribution is 2.21. The monoisotopic (exact) mass is 393 g/mol. The third-order valence-corrected chi connectivity index (χ3v) is 5.21. The number of anilines is 2. The second-order valence-electron chi connectivity index (χ2n) is 7.36. The van der Waals surface area contributed by atoms with Crippen LogP contribution in [0.3, 0.4) is 0 Å². The summed E-state index contributed by atoms with van der Waals surface area (Å²) >= 11 is 0. The number of benzene rings is 2. The van der Waals surface area contributed by atoms with Crippen LogP contribution in [0.4, 0.5) is 11.4 Å². The molecule has 1 atom stereocenters. The predicted molar refractivity (Wildman–Crippen MR) is 114 cm³/mol. The number of carbonyl (C=O) groups excluding carboxylic acids is 3. The van der Waals surface area contributed by atoms with Gasteiger partial charge in [-0.3, -0.25) is 14.4 Å². The van der Waals surface area contributed by atoms with Crippen LogP contribution in [-0.4, -0.2) is 42.8 Å². The molecule has 1 aliphatic heterocycles. The second-order valence-corrected chi connectivity index (χ2v) is 7.36. The third-order valence-electron chi connectivity index (χ3n) is 5.21. The molecule has 1 aliphatic rings. The van der Waals surface area contributed by atoms with Gasteiger partial charge in [-0.05, 0) is 42.8 Å². The van der Waals surface area contributed by atoms with Gasteiger partial charge in [0.25, 0.3) is 5.91 Å². The van der Waals surface area contributed by atoms with E-state index in [9.17, 15) is 14.4 Å². The summed E-state index contributed by atoms with van der Waals surface area (Å²) in [6.45, 7) is 3.27. The van der Waals surface area contributed by atoms with E-state index in [1.54, 1.807) is 41.1 Å². The van der Waals surface area contributed by atoms with E-state index >= 15 is 0 Å². The first-order chi connectivity index (χ1) is 14.0. The summed E-state index contributed by atoms with van der Waals surface area (Å²) in [5, 5.41) is 2.87. The Labute approximate surface area is 171 Å². The largest absolute Gasteiger partial charge is 0.342 e. The van der Waals surface area contributed by atoms with E-state index in [2.05, 4.69) is 12.2 Å². The number of hydrogen-bond acceptors (Lipinski definition) is 3.